The molecule has 0 bridgehead atoms. The number of nitrogens with zero attached hydrogens (tertiary/aromatic N) is 1. The van der Waals surface area contributed by atoms with Gasteiger partial charge in [-0.2, -0.15) is 0 Å². The topological polar surface area (TPSA) is 12.9 Å². The molecule has 0 fully saturated rings. The lowest BCUT2D eigenvalue weighted by Crippen LogP contribution is -1.80. The largest absolute Gasteiger partial charge is 0.234 e. The highest BCUT2D eigenvalue weighted by Gasteiger charge is 1.99. The van der Waals surface area contributed by atoms with Gasteiger partial charge in [-0.25, -0.2) is 9.37 Å². The number of aromatic nitrogens is 1. The standard InChI is InChI=1S/C11H7BrFNS/c12-10-2-1-3-11(14-10)15-9-6-4-8(13)5-7-9/h1-7H. The van der Waals surface area contributed by atoms with Crippen molar-refractivity contribution >= 4 is 27.7 Å². The Labute approximate surface area is 99.9 Å². The molecule has 1 heterocycles. The summed E-state index contributed by atoms with van der Waals surface area (Å²) >= 11 is 4.81. The van der Waals surface area contributed by atoms with Gasteiger partial charge in [0.25, 0.3) is 0 Å². The quantitative estimate of drug-likeness (QED) is 0.769. The number of benzene rings is 1. The summed E-state index contributed by atoms with van der Waals surface area (Å²) in [4.78, 5) is 5.25. The Balaban J connectivity index is 2.18. The van der Waals surface area contributed by atoms with Crippen molar-refractivity contribution in [2.45, 2.75) is 9.92 Å². The van der Waals surface area contributed by atoms with E-state index < -0.39 is 0 Å². The fourth-order valence-corrected chi connectivity index (χ4v) is 2.34. The van der Waals surface area contributed by atoms with E-state index in [2.05, 4.69) is 20.9 Å². The molecule has 4 heteroatoms. The molecule has 15 heavy (non-hydrogen) atoms. The summed E-state index contributed by atoms with van der Waals surface area (Å²) in [6.07, 6.45) is 0. The normalized spacial score (nSPS) is 10.3. The van der Waals surface area contributed by atoms with E-state index in [-0.39, 0.29) is 5.82 Å². The van der Waals surface area contributed by atoms with E-state index in [1.165, 1.54) is 23.9 Å². The minimum absolute atomic E-state index is 0.221. The van der Waals surface area contributed by atoms with Crippen molar-refractivity contribution in [3.8, 4) is 0 Å². The smallest absolute Gasteiger partial charge is 0.123 e. The van der Waals surface area contributed by atoms with Gasteiger partial charge in [-0.3, -0.25) is 0 Å². The van der Waals surface area contributed by atoms with Gasteiger partial charge in [0.1, 0.15) is 15.4 Å². The highest BCUT2D eigenvalue weighted by atomic mass is 79.9. The van der Waals surface area contributed by atoms with E-state index in [1.54, 1.807) is 12.1 Å². The molecular weight excluding hydrogens is 277 g/mol. The maximum Gasteiger partial charge on any atom is 0.123 e. The summed E-state index contributed by atoms with van der Waals surface area (Å²) in [6, 6.07) is 12.1. The number of hydrogen-bond acceptors (Lipinski definition) is 2. The van der Waals surface area contributed by atoms with Crippen LogP contribution in [0.2, 0.25) is 0 Å². The van der Waals surface area contributed by atoms with Crippen LogP contribution in [0.25, 0.3) is 0 Å². The molecule has 0 atom stereocenters. The van der Waals surface area contributed by atoms with Crippen LogP contribution in [0.5, 0.6) is 0 Å². The molecular formula is C11H7BrFNS. The van der Waals surface area contributed by atoms with Crippen LogP contribution in [0.3, 0.4) is 0 Å². The van der Waals surface area contributed by atoms with Crippen molar-refractivity contribution in [1.29, 1.82) is 0 Å². The van der Waals surface area contributed by atoms with Crippen LogP contribution >= 0.6 is 27.7 Å². The van der Waals surface area contributed by atoms with Crippen LogP contribution in [0.4, 0.5) is 4.39 Å². The van der Waals surface area contributed by atoms with E-state index in [0.29, 0.717) is 0 Å². The molecule has 0 saturated heterocycles. The Kier molecular flexibility index (Phi) is 3.38. The van der Waals surface area contributed by atoms with Gasteiger partial charge in [-0.1, -0.05) is 17.8 Å². The van der Waals surface area contributed by atoms with Crippen molar-refractivity contribution in [3.63, 3.8) is 0 Å². The van der Waals surface area contributed by atoms with Gasteiger partial charge in [-0.15, -0.1) is 0 Å². The molecule has 0 saturated carbocycles. The van der Waals surface area contributed by atoms with Gasteiger partial charge in [0, 0.05) is 4.90 Å². The first-order valence-corrected chi connectivity index (χ1v) is 5.91. The molecule has 0 aliphatic rings. The predicted octanol–water partition coefficient (Wildman–Crippen LogP) is 4.13. The predicted molar refractivity (Wildman–Crippen MR) is 62.5 cm³/mol. The molecule has 0 radical (unpaired) electrons. The first-order chi connectivity index (χ1) is 7.24. The van der Waals surface area contributed by atoms with Gasteiger partial charge in [0.05, 0.1) is 0 Å². The zero-order valence-electron chi connectivity index (χ0n) is 7.65. The second kappa shape index (κ2) is 4.77. The average molecular weight is 284 g/mol. The maximum atomic E-state index is 12.7. The minimum atomic E-state index is -0.221. The molecule has 0 aliphatic carbocycles. The third kappa shape index (κ3) is 3.04. The second-order valence-electron chi connectivity index (χ2n) is 2.85. The summed E-state index contributed by atoms with van der Waals surface area (Å²) in [6.45, 7) is 0. The molecule has 1 aromatic heterocycles. The molecule has 2 rings (SSSR count). The van der Waals surface area contributed by atoms with Crippen LogP contribution in [0.15, 0.2) is 57.0 Å². The molecule has 1 nitrogen and oxygen atoms in total. The molecule has 0 unspecified atom stereocenters. The Bertz CT molecular complexity index is 458. The lowest BCUT2D eigenvalue weighted by atomic mass is 10.4. The van der Waals surface area contributed by atoms with Gasteiger partial charge < -0.3 is 0 Å². The highest BCUT2D eigenvalue weighted by Crippen LogP contribution is 2.26. The lowest BCUT2D eigenvalue weighted by Gasteiger charge is -2.00. The monoisotopic (exact) mass is 283 g/mol. The first kappa shape index (κ1) is 10.6. The van der Waals surface area contributed by atoms with Crippen LogP contribution in [0, 0.1) is 5.82 Å². The molecule has 2 aromatic rings. The summed E-state index contributed by atoms with van der Waals surface area (Å²) in [5, 5.41) is 0.885. The van der Waals surface area contributed by atoms with Gasteiger partial charge >= 0.3 is 0 Å². The maximum absolute atomic E-state index is 12.7. The van der Waals surface area contributed by atoms with Crippen molar-refractivity contribution in [3.05, 3.63) is 52.9 Å². The summed E-state index contributed by atoms with van der Waals surface area (Å²) in [7, 11) is 0. The molecule has 1 aromatic carbocycles. The van der Waals surface area contributed by atoms with Crippen molar-refractivity contribution < 1.29 is 4.39 Å². The number of rotatable bonds is 2. The first-order valence-electron chi connectivity index (χ1n) is 4.30. The third-order valence-corrected chi connectivity index (χ3v) is 3.11. The van der Waals surface area contributed by atoms with Crippen LogP contribution in [0.1, 0.15) is 0 Å². The van der Waals surface area contributed by atoms with Crippen LogP contribution in [-0.4, -0.2) is 4.98 Å². The Hall–Kier alpha value is -0.870. The molecule has 0 spiro atoms. The summed E-state index contributed by atoms with van der Waals surface area (Å²) < 4.78 is 13.5. The van der Waals surface area contributed by atoms with Crippen LogP contribution < -0.4 is 0 Å². The Morgan fingerprint density at radius 1 is 1.07 bits per heavy atom. The van der Waals surface area contributed by atoms with Crippen molar-refractivity contribution in [2.24, 2.45) is 0 Å². The van der Waals surface area contributed by atoms with Gasteiger partial charge in [0.2, 0.25) is 0 Å². The number of hydrogen-bond donors (Lipinski definition) is 0. The molecule has 76 valence electrons. The minimum Gasteiger partial charge on any atom is -0.234 e. The fraction of sp³-hybridized carbons (Fsp3) is 0. The summed E-state index contributed by atoms with van der Waals surface area (Å²) in [5.74, 6) is -0.221. The SMILES string of the molecule is Fc1ccc(Sc2cccc(Br)n2)cc1. The summed E-state index contributed by atoms with van der Waals surface area (Å²) in [5.41, 5.74) is 0. The zero-order valence-corrected chi connectivity index (χ0v) is 10.1. The number of pyridine rings is 1. The number of halogens is 2. The van der Waals surface area contributed by atoms with Crippen molar-refractivity contribution in [2.75, 3.05) is 0 Å². The van der Waals surface area contributed by atoms with E-state index in [0.717, 1.165) is 14.5 Å². The van der Waals surface area contributed by atoms with E-state index in [9.17, 15) is 4.39 Å². The van der Waals surface area contributed by atoms with E-state index >= 15 is 0 Å². The van der Waals surface area contributed by atoms with E-state index in [1.807, 2.05) is 18.2 Å². The lowest BCUT2D eigenvalue weighted by molar-refractivity contribution is 0.626. The zero-order chi connectivity index (χ0) is 10.7. The molecule has 0 amide bonds. The average Bonchev–Trinajstić information content (AvgIpc) is 2.22. The van der Waals surface area contributed by atoms with Crippen LogP contribution in [-0.2, 0) is 0 Å². The Morgan fingerprint density at radius 2 is 1.80 bits per heavy atom. The second-order valence-corrected chi connectivity index (χ2v) is 4.76. The van der Waals surface area contributed by atoms with Crippen molar-refractivity contribution in [1.82, 2.24) is 4.98 Å². The Morgan fingerprint density at radius 3 is 2.47 bits per heavy atom. The van der Waals surface area contributed by atoms with Gasteiger partial charge in [-0.05, 0) is 52.3 Å². The highest BCUT2D eigenvalue weighted by molar-refractivity contribution is 9.10. The fourth-order valence-electron chi connectivity index (χ4n) is 1.07. The third-order valence-electron chi connectivity index (χ3n) is 1.73. The van der Waals surface area contributed by atoms with E-state index in [4.69, 9.17) is 0 Å². The molecule has 0 aliphatic heterocycles. The van der Waals surface area contributed by atoms with Gasteiger partial charge in [0.15, 0.2) is 0 Å². The molecule has 0 N–H and O–H groups in total.